The molecule has 0 aliphatic rings. The molecule has 0 bridgehead atoms. The molecular weight excluding hydrogens is 292 g/mol. The molecule has 1 N–H and O–H groups in total. The Bertz CT molecular complexity index is 598. The highest BCUT2D eigenvalue weighted by atomic mass is 35.5. The lowest BCUT2D eigenvalue weighted by Crippen LogP contribution is -2.26. The molecule has 20 heavy (non-hydrogen) atoms. The fourth-order valence-corrected chi connectivity index (χ4v) is 1.68. The van der Waals surface area contributed by atoms with E-state index in [2.05, 4.69) is 15.4 Å². The Balaban J connectivity index is 1.95. The van der Waals surface area contributed by atoms with Gasteiger partial charge in [0, 0.05) is 24.0 Å². The van der Waals surface area contributed by atoms with Crippen molar-refractivity contribution in [3.8, 4) is 0 Å². The number of nitrogens with one attached hydrogen (secondary N) is 1. The van der Waals surface area contributed by atoms with Gasteiger partial charge in [0.25, 0.3) is 0 Å². The summed E-state index contributed by atoms with van der Waals surface area (Å²) < 4.78 is 0. The molecule has 0 fully saturated rings. The van der Waals surface area contributed by atoms with Gasteiger partial charge < -0.3 is 5.32 Å². The predicted octanol–water partition coefficient (Wildman–Crippen LogP) is 3.40. The second-order valence-corrected chi connectivity index (χ2v) is 4.78. The van der Waals surface area contributed by atoms with Crippen LogP contribution in [0.4, 0.5) is 5.69 Å². The zero-order valence-corrected chi connectivity index (χ0v) is 12.4. The molecular formula is C14H13ClN4S. The molecule has 1 aromatic carbocycles. The fraction of sp³-hybridized carbons (Fsp3) is 0.0714. The number of thiocarbonyl (C=S) groups is 1. The number of hydrogen-bond acceptors (Lipinski definition) is 3. The third kappa shape index (κ3) is 4.29. The van der Waals surface area contributed by atoms with E-state index in [9.17, 15) is 0 Å². The summed E-state index contributed by atoms with van der Waals surface area (Å²) in [4.78, 5) is 4.15. The monoisotopic (exact) mass is 304 g/mol. The summed E-state index contributed by atoms with van der Waals surface area (Å²) >= 11 is 11.1. The van der Waals surface area contributed by atoms with Crippen molar-refractivity contribution in [2.75, 3.05) is 12.4 Å². The molecule has 2 aromatic rings. The summed E-state index contributed by atoms with van der Waals surface area (Å²) in [5.41, 5.74) is 1.63. The van der Waals surface area contributed by atoms with Crippen LogP contribution in [0, 0.1) is 0 Å². The summed E-state index contributed by atoms with van der Waals surface area (Å²) in [6, 6.07) is 12.9. The van der Waals surface area contributed by atoms with Crippen LogP contribution < -0.4 is 5.32 Å². The van der Waals surface area contributed by atoms with Crippen LogP contribution in [-0.4, -0.2) is 28.4 Å². The van der Waals surface area contributed by atoms with Gasteiger partial charge in [-0.1, -0.05) is 17.7 Å². The van der Waals surface area contributed by atoms with Crippen LogP contribution in [0.3, 0.4) is 0 Å². The highest BCUT2D eigenvalue weighted by Gasteiger charge is 2.02. The second kappa shape index (κ2) is 6.98. The van der Waals surface area contributed by atoms with Gasteiger partial charge in [0.2, 0.25) is 0 Å². The molecule has 0 saturated carbocycles. The minimum absolute atomic E-state index is 0.486. The fourth-order valence-electron chi connectivity index (χ4n) is 1.39. The Hall–Kier alpha value is -1.98. The van der Waals surface area contributed by atoms with Gasteiger partial charge in [0.15, 0.2) is 5.11 Å². The van der Waals surface area contributed by atoms with Crippen molar-refractivity contribution in [1.82, 2.24) is 9.99 Å². The number of rotatable bonds is 3. The maximum atomic E-state index is 5.83. The van der Waals surface area contributed by atoms with Crippen molar-refractivity contribution in [3.05, 3.63) is 59.4 Å². The molecule has 0 aliphatic heterocycles. The van der Waals surface area contributed by atoms with E-state index >= 15 is 0 Å². The first kappa shape index (κ1) is 14.4. The van der Waals surface area contributed by atoms with E-state index in [1.54, 1.807) is 36.6 Å². The van der Waals surface area contributed by atoms with Gasteiger partial charge in [-0.05, 0) is 48.6 Å². The van der Waals surface area contributed by atoms with Gasteiger partial charge in [-0.2, -0.15) is 5.10 Å². The Morgan fingerprint density at radius 1 is 1.30 bits per heavy atom. The van der Waals surface area contributed by atoms with E-state index < -0.39 is 0 Å². The highest BCUT2D eigenvalue weighted by Crippen LogP contribution is 2.13. The molecule has 0 atom stereocenters. The zero-order valence-electron chi connectivity index (χ0n) is 10.8. The van der Waals surface area contributed by atoms with Crippen molar-refractivity contribution in [2.45, 2.75) is 0 Å². The van der Waals surface area contributed by atoms with Crippen LogP contribution in [0.2, 0.25) is 5.02 Å². The van der Waals surface area contributed by atoms with Crippen LogP contribution >= 0.6 is 23.8 Å². The number of pyridine rings is 1. The zero-order chi connectivity index (χ0) is 14.4. The number of anilines is 1. The molecule has 4 nitrogen and oxygen atoms in total. The quantitative estimate of drug-likeness (QED) is 0.536. The SMILES string of the molecule is CN(/N=C/c1ccccn1)C(=S)Nc1ccc(Cl)cc1. The molecule has 0 saturated heterocycles. The predicted molar refractivity (Wildman–Crippen MR) is 87.3 cm³/mol. The number of hydrazone groups is 1. The summed E-state index contributed by atoms with van der Waals surface area (Å²) in [6.45, 7) is 0. The van der Waals surface area contributed by atoms with E-state index in [0.717, 1.165) is 11.4 Å². The minimum atomic E-state index is 0.486. The highest BCUT2D eigenvalue weighted by molar-refractivity contribution is 7.80. The van der Waals surface area contributed by atoms with Crippen LogP contribution in [0.15, 0.2) is 53.8 Å². The van der Waals surface area contributed by atoms with Crippen molar-refractivity contribution < 1.29 is 0 Å². The van der Waals surface area contributed by atoms with Gasteiger partial charge in [0.1, 0.15) is 0 Å². The van der Waals surface area contributed by atoms with E-state index in [4.69, 9.17) is 23.8 Å². The Kier molecular flexibility index (Phi) is 5.03. The molecule has 1 heterocycles. The average Bonchev–Trinajstić information content (AvgIpc) is 2.48. The van der Waals surface area contributed by atoms with Crippen molar-refractivity contribution >= 4 is 40.8 Å². The Morgan fingerprint density at radius 2 is 2.05 bits per heavy atom. The maximum absolute atomic E-state index is 5.83. The minimum Gasteiger partial charge on any atom is -0.331 e. The number of hydrogen-bond donors (Lipinski definition) is 1. The molecule has 2 rings (SSSR count). The number of nitrogens with zero attached hydrogens (tertiary/aromatic N) is 3. The van der Waals surface area contributed by atoms with Gasteiger partial charge >= 0.3 is 0 Å². The number of aromatic nitrogens is 1. The lowest BCUT2D eigenvalue weighted by Gasteiger charge is -2.15. The van der Waals surface area contributed by atoms with E-state index in [1.807, 2.05) is 30.3 Å². The lowest BCUT2D eigenvalue weighted by atomic mass is 10.3. The van der Waals surface area contributed by atoms with Gasteiger partial charge in [-0.25, -0.2) is 5.01 Å². The van der Waals surface area contributed by atoms with Crippen LogP contribution in [0.5, 0.6) is 0 Å². The summed E-state index contributed by atoms with van der Waals surface area (Å²) in [7, 11) is 1.77. The summed E-state index contributed by atoms with van der Waals surface area (Å²) in [5.74, 6) is 0. The first-order valence-corrected chi connectivity index (χ1v) is 6.69. The first-order chi connectivity index (χ1) is 9.65. The molecule has 102 valence electrons. The van der Waals surface area contributed by atoms with E-state index in [0.29, 0.717) is 10.1 Å². The largest absolute Gasteiger partial charge is 0.331 e. The molecule has 0 unspecified atom stereocenters. The normalized spacial score (nSPS) is 10.5. The smallest absolute Gasteiger partial charge is 0.193 e. The number of benzene rings is 1. The summed E-state index contributed by atoms with van der Waals surface area (Å²) in [6.07, 6.45) is 3.36. The molecule has 0 spiro atoms. The molecule has 0 radical (unpaired) electrons. The molecule has 1 aromatic heterocycles. The van der Waals surface area contributed by atoms with Gasteiger partial charge in [-0.3, -0.25) is 4.98 Å². The van der Waals surface area contributed by atoms with E-state index in [-0.39, 0.29) is 0 Å². The first-order valence-electron chi connectivity index (χ1n) is 5.90. The number of halogens is 1. The molecule has 6 heteroatoms. The Morgan fingerprint density at radius 3 is 2.70 bits per heavy atom. The molecule has 0 aliphatic carbocycles. The van der Waals surface area contributed by atoms with Gasteiger partial charge in [-0.15, -0.1) is 0 Å². The third-order valence-corrected chi connectivity index (χ3v) is 3.06. The van der Waals surface area contributed by atoms with Crippen LogP contribution in [-0.2, 0) is 0 Å². The summed E-state index contributed by atoms with van der Waals surface area (Å²) in [5, 5.41) is 10.0. The third-order valence-electron chi connectivity index (χ3n) is 2.44. The maximum Gasteiger partial charge on any atom is 0.193 e. The second-order valence-electron chi connectivity index (χ2n) is 3.96. The van der Waals surface area contributed by atoms with Crippen LogP contribution in [0.1, 0.15) is 5.69 Å². The topological polar surface area (TPSA) is 40.5 Å². The van der Waals surface area contributed by atoms with Crippen molar-refractivity contribution in [3.63, 3.8) is 0 Å². The Labute approximate surface area is 128 Å². The van der Waals surface area contributed by atoms with Crippen molar-refractivity contribution in [1.29, 1.82) is 0 Å². The standard InChI is InChI=1S/C14H13ClN4S/c1-19(17-10-13-4-2-3-9-16-13)14(20)18-12-7-5-11(15)6-8-12/h2-10H,1H3,(H,18,20)/b17-10+. The average molecular weight is 305 g/mol. The lowest BCUT2D eigenvalue weighted by molar-refractivity contribution is 0.556. The molecule has 0 amide bonds. The van der Waals surface area contributed by atoms with Gasteiger partial charge in [0.05, 0.1) is 11.9 Å². The van der Waals surface area contributed by atoms with Crippen molar-refractivity contribution in [2.24, 2.45) is 5.10 Å². The van der Waals surface area contributed by atoms with Crippen LogP contribution in [0.25, 0.3) is 0 Å². The van der Waals surface area contributed by atoms with E-state index in [1.165, 1.54) is 0 Å².